The van der Waals surface area contributed by atoms with Crippen molar-refractivity contribution >= 4 is 17.5 Å². The van der Waals surface area contributed by atoms with E-state index in [0.29, 0.717) is 0 Å². The number of likely N-dealkylation sites (tertiary alicyclic amines) is 1. The van der Waals surface area contributed by atoms with Crippen molar-refractivity contribution in [1.82, 2.24) is 10.2 Å². The first-order valence-electron chi connectivity index (χ1n) is 8.77. The van der Waals surface area contributed by atoms with E-state index in [2.05, 4.69) is 10.6 Å². The van der Waals surface area contributed by atoms with Crippen LogP contribution in [0.3, 0.4) is 0 Å². The lowest BCUT2D eigenvalue weighted by molar-refractivity contribution is -0.121. The Balaban J connectivity index is 1.95. The summed E-state index contributed by atoms with van der Waals surface area (Å²) in [6.45, 7) is 9.95. The standard InChI is InChI=1S/C19H29N3O2/c1-5-19(3,4)21-17(23)13-20-16-9-8-15(12-14(16)2)18(24)22-10-6-7-11-22/h8-9,12,20H,5-7,10-11,13H2,1-4H3,(H,21,23). The molecule has 0 bridgehead atoms. The van der Waals surface area contributed by atoms with E-state index in [9.17, 15) is 9.59 Å². The second kappa shape index (κ2) is 7.69. The summed E-state index contributed by atoms with van der Waals surface area (Å²) in [7, 11) is 0. The monoisotopic (exact) mass is 331 g/mol. The van der Waals surface area contributed by atoms with Crippen molar-refractivity contribution in [2.75, 3.05) is 25.0 Å². The van der Waals surface area contributed by atoms with Gasteiger partial charge in [-0.05, 0) is 63.8 Å². The molecule has 1 aliphatic rings. The Morgan fingerprint density at radius 3 is 2.46 bits per heavy atom. The number of carbonyl (C=O) groups is 2. The molecular formula is C19H29N3O2. The van der Waals surface area contributed by atoms with E-state index in [-0.39, 0.29) is 23.9 Å². The molecule has 1 heterocycles. The van der Waals surface area contributed by atoms with E-state index in [0.717, 1.165) is 49.2 Å². The fraction of sp³-hybridized carbons (Fsp3) is 0.579. The Kier molecular flexibility index (Phi) is 5.86. The molecule has 0 aromatic heterocycles. The smallest absolute Gasteiger partial charge is 0.253 e. The average Bonchev–Trinajstić information content (AvgIpc) is 3.07. The van der Waals surface area contributed by atoms with Crippen molar-refractivity contribution in [3.63, 3.8) is 0 Å². The van der Waals surface area contributed by atoms with E-state index in [1.165, 1.54) is 0 Å². The molecule has 0 atom stereocenters. The second-order valence-electron chi connectivity index (χ2n) is 7.17. The van der Waals surface area contributed by atoms with Gasteiger partial charge in [0.1, 0.15) is 0 Å². The van der Waals surface area contributed by atoms with Crippen molar-refractivity contribution in [1.29, 1.82) is 0 Å². The van der Waals surface area contributed by atoms with Gasteiger partial charge in [0, 0.05) is 29.9 Å². The number of carbonyl (C=O) groups excluding carboxylic acids is 2. The molecule has 132 valence electrons. The summed E-state index contributed by atoms with van der Waals surface area (Å²) in [6.07, 6.45) is 3.06. The Labute approximate surface area is 144 Å². The molecule has 1 aromatic rings. The zero-order valence-electron chi connectivity index (χ0n) is 15.2. The number of aryl methyl sites for hydroxylation is 1. The molecule has 0 radical (unpaired) electrons. The third kappa shape index (κ3) is 4.73. The second-order valence-corrected chi connectivity index (χ2v) is 7.17. The number of rotatable bonds is 6. The zero-order chi connectivity index (χ0) is 17.7. The molecule has 1 fully saturated rings. The van der Waals surface area contributed by atoms with Gasteiger partial charge in [-0.2, -0.15) is 0 Å². The molecule has 0 spiro atoms. The van der Waals surface area contributed by atoms with Crippen LogP contribution in [0.1, 0.15) is 56.0 Å². The first-order valence-corrected chi connectivity index (χ1v) is 8.77. The summed E-state index contributed by atoms with van der Waals surface area (Å²) in [5.41, 5.74) is 2.39. The molecule has 5 nitrogen and oxygen atoms in total. The van der Waals surface area contributed by atoms with Crippen molar-refractivity contribution in [3.8, 4) is 0 Å². The molecule has 2 N–H and O–H groups in total. The average molecular weight is 331 g/mol. The van der Waals surface area contributed by atoms with Gasteiger partial charge >= 0.3 is 0 Å². The van der Waals surface area contributed by atoms with Crippen LogP contribution in [0, 0.1) is 6.92 Å². The SMILES string of the molecule is CCC(C)(C)NC(=O)CNc1ccc(C(=O)N2CCCC2)cc1C. The van der Waals surface area contributed by atoms with Crippen molar-refractivity contribution in [3.05, 3.63) is 29.3 Å². The van der Waals surface area contributed by atoms with Gasteiger partial charge in [-0.15, -0.1) is 0 Å². The minimum atomic E-state index is -0.195. The predicted molar refractivity (Wildman–Crippen MR) is 97.3 cm³/mol. The van der Waals surface area contributed by atoms with Crippen LogP contribution in [0.15, 0.2) is 18.2 Å². The number of hydrogen-bond donors (Lipinski definition) is 2. The molecule has 1 saturated heterocycles. The summed E-state index contributed by atoms with van der Waals surface area (Å²) in [5, 5.41) is 6.16. The Hall–Kier alpha value is -2.04. The summed E-state index contributed by atoms with van der Waals surface area (Å²) in [5.74, 6) is 0.0723. The molecule has 1 aliphatic heterocycles. The van der Waals surface area contributed by atoms with Crippen molar-refractivity contribution in [2.24, 2.45) is 0 Å². The normalized spacial score (nSPS) is 14.6. The highest BCUT2D eigenvalue weighted by Gasteiger charge is 2.20. The van der Waals surface area contributed by atoms with Gasteiger partial charge in [-0.1, -0.05) is 6.92 Å². The van der Waals surface area contributed by atoms with Crippen LogP contribution in [-0.2, 0) is 4.79 Å². The number of hydrogen-bond acceptors (Lipinski definition) is 3. The Morgan fingerprint density at radius 1 is 1.21 bits per heavy atom. The number of amides is 2. The summed E-state index contributed by atoms with van der Waals surface area (Å²) in [6, 6.07) is 5.62. The lowest BCUT2D eigenvalue weighted by atomic mass is 10.0. The number of anilines is 1. The fourth-order valence-corrected chi connectivity index (χ4v) is 2.78. The highest BCUT2D eigenvalue weighted by atomic mass is 16.2. The van der Waals surface area contributed by atoms with Crippen LogP contribution in [-0.4, -0.2) is 41.9 Å². The summed E-state index contributed by atoms with van der Waals surface area (Å²) < 4.78 is 0. The lowest BCUT2D eigenvalue weighted by Gasteiger charge is -2.24. The molecule has 0 saturated carbocycles. The highest BCUT2D eigenvalue weighted by Crippen LogP contribution is 2.19. The van der Waals surface area contributed by atoms with E-state index in [1.54, 1.807) is 0 Å². The summed E-state index contributed by atoms with van der Waals surface area (Å²) in [4.78, 5) is 26.3. The third-order valence-corrected chi connectivity index (χ3v) is 4.67. The van der Waals surface area contributed by atoms with Crippen molar-refractivity contribution < 1.29 is 9.59 Å². The largest absolute Gasteiger partial charge is 0.376 e. The molecule has 1 aromatic carbocycles. The molecule has 2 rings (SSSR count). The van der Waals surface area contributed by atoms with Gasteiger partial charge in [0.05, 0.1) is 6.54 Å². The van der Waals surface area contributed by atoms with Crippen LogP contribution in [0.4, 0.5) is 5.69 Å². The number of benzene rings is 1. The Bertz CT molecular complexity index is 605. The molecule has 0 aliphatic carbocycles. The van der Waals surface area contributed by atoms with Crippen LogP contribution >= 0.6 is 0 Å². The first-order chi connectivity index (χ1) is 11.3. The third-order valence-electron chi connectivity index (χ3n) is 4.67. The van der Waals surface area contributed by atoms with Crippen LogP contribution in [0.25, 0.3) is 0 Å². The highest BCUT2D eigenvalue weighted by molar-refractivity contribution is 5.95. The minimum Gasteiger partial charge on any atom is -0.376 e. The quantitative estimate of drug-likeness (QED) is 0.842. The first kappa shape index (κ1) is 18.3. The van der Waals surface area contributed by atoms with Gasteiger partial charge in [-0.25, -0.2) is 0 Å². The van der Waals surface area contributed by atoms with E-state index >= 15 is 0 Å². The summed E-state index contributed by atoms with van der Waals surface area (Å²) >= 11 is 0. The number of nitrogens with one attached hydrogen (secondary N) is 2. The maximum atomic E-state index is 12.4. The van der Waals surface area contributed by atoms with Crippen molar-refractivity contribution in [2.45, 2.75) is 52.5 Å². The molecule has 0 unspecified atom stereocenters. The van der Waals surface area contributed by atoms with E-state index in [1.807, 2.05) is 50.8 Å². The zero-order valence-corrected chi connectivity index (χ0v) is 15.2. The molecule has 24 heavy (non-hydrogen) atoms. The lowest BCUT2D eigenvalue weighted by Crippen LogP contribution is -2.45. The Morgan fingerprint density at radius 2 is 1.88 bits per heavy atom. The van der Waals surface area contributed by atoms with Gasteiger partial charge in [0.2, 0.25) is 5.91 Å². The van der Waals surface area contributed by atoms with Crippen LogP contribution in [0.2, 0.25) is 0 Å². The predicted octanol–water partition coefficient (Wildman–Crippen LogP) is 2.95. The van der Waals surface area contributed by atoms with Gasteiger partial charge in [0.15, 0.2) is 0 Å². The maximum absolute atomic E-state index is 12.4. The van der Waals surface area contributed by atoms with Crippen LogP contribution in [0.5, 0.6) is 0 Å². The fourth-order valence-electron chi connectivity index (χ4n) is 2.78. The molecule has 2 amide bonds. The number of nitrogens with zero attached hydrogens (tertiary/aromatic N) is 1. The van der Waals surface area contributed by atoms with Gasteiger partial charge < -0.3 is 15.5 Å². The topological polar surface area (TPSA) is 61.4 Å². The van der Waals surface area contributed by atoms with Gasteiger partial charge in [-0.3, -0.25) is 9.59 Å². The van der Waals surface area contributed by atoms with E-state index in [4.69, 9.17) is 0 Å². The maximum Gasteiger partial charge on any atom is 0.253 e. The molecule has 5 heteroatoms. The van der Waals surface area contributed by atoms with Crippen LogP contribution < -0.4 is 10.6 Å². The molecular weight excluding hydrogens is 302 g/mol. The van der Waals surface area contributed by atoms with E-state index < -0.39 is 0 Å². The minimum absolute atomic E-state index is 0.0292. The van der Waals surface area contributed by atoms with Gasteiger partial charge in [0.25, 0.3) is 5.91 Å².